The summed E-state index contributed by atoms with van der Waals surface area (Å²) in [7, 11) is 0. The van der Waals surface area contributed by atoms with Gasteiger partial charge in [-0.2, -0.15) is 0 Å². The predicted octanol–water partition coefficient (Wildman–Crippen LogP) is 3.07. The maximum atomic E-state index is 11.7. The summed E-state index contributed by atoms with van der Waals surface area (Å²) < 4.78 is 0. The van der Waals surface area contributed by atoms with E-state index in [-0.39, 0.29) is 5.91 Å². The summed E-state index contributed by atoms with van der Waals surface area (Å²) in [6.07, 6.45) is 7.49. The summed E-state index contributed by atoms with van der Waals surface area (Å²) in [5.74, 6) is 0.229. The first-order chi connectivity index (χ1) is 8.34. The molecule has 1 aromatic carbocycles. The molecule has 0 saturated heterocycles. The summed E-state index contributed by atoms with van der Waals surface area (Å²) in [4.78, 5) is 11.7. The molecule has 2 heteroatoms. The molecular formula is C15H21NO. The fraction of sp³-hybridized carbons (Fsp3) is 0.533. The summed E-state index contributed by atoms with van der Waals surface area (Å²) >= 11 is 0. The Balaban J connectivity index is 1.63. The smallest absolute Gasteiger partial charge is 0.220 e. The van der Waals surface area contributed by atoms with Crippen LogP contribution in [0, 0.1) is 0 Å². The standard InChI is InChI=1S/C15H21NO/c17-15(16-14-10-4-5-11-14)12-6-9-13-7-2-1-3-8-13/h1-3,7-8,14H,4-6,9-12H2,(H,16,17). The van der Waals surface area contributed by atoms with Crippen molar-refractivity contribution in [2.45, 2.75) is 51.0 Å². The van der Waals surface area contributed by atoms with Crippen molar-refractivity contribution in [3.63, 3.8) is 0 Å². The topological polar surface area (TPSA) is 29.1 Å². The maximum absolute atomic E-state index is 11.7. The summed E-state index contributed by atoms with van der Waals surface area (Å²) in [5.41, 5.74) is 1.32. The quantitative estimate of drug-likeness (QED) is 0.829. The van der Waals surface area contributed by atoms with Crippen molar-refractivity contribution in [1.29, 1.82) is 0 Å². The van der Waals surface area contributed by atoms with E-state index in [9.17, 15) is 4.79 Å². The third-order valence-electron chi connectivity index (χ3n) is 3.43. The van der Waals surface area contributed by atoms with Gasteiger partial charge >= 0.3 is 0 Å². The van der Waals surface area contributed by atoms with Gasteiger partial charge in [0.15, 0.2) is 0 Å². The lowest BCUT2D eigenvalue weighted by molar-refractivity contribution is -0.121. The lowest BCUT2D eigenvalue weighted by Crippen LogP contribution is -2.32. The van der Waals surface area contributed by atoms with Gasteiger partial charge in [0.25, 0.3) is 0 Å². The second-order valence-electron chi connectivity index (χ2n) is 4.89. The van der Waals surface area contributed by atoms with Gasteiger partial charge in [-0.15, -0.1) is 0 Å². The molecule has 0 spiro atoms. The van der Waals surface area contributed by atoms with Crippen LogP contribution in [0.5, 0.6) is 0 Å². The molecule has 0 bridgehead atoms. The van der Waals surface area contributed by atoms with Gasteiger partial charge in [-0.05, 0) is 31.2 Å². The minimum atomic E-state index is 0.229. The Morgan fingerprint density at radius 3 is 2.59 bits per heavy atom. The average Bonchev–Trinajstić information content (AvgIpc) is 2.83. The molecule has 1 aliphatic rings. The minimum Gasteiger partial charge on any atom is -0.353 e. The fourth-order valence-corrected chi connectivity index (χ4v) is 2.47. The van der Waals surface area contributed by atoms with Crippen LogP contribution < -0.4 is 5.32 Å². The molecule has 1 saturated carbocycles. The number of hydrogen-bond donors (Lipinski definition) is 1. The highest BCUT2D eigenvalue weighted by atomic mass is 16.1. The Hall–Kier alpha value is -1.31. The van der Waals surface area contributed by atoms with Gasteiger partial charge in [-0.3, -0.25) is 4.79 Å². The van der Waals surface area contributed by atoms with Crippen LogP contribution in [0.15, 0.2) is 30.3 Å². The van der Waals surface area contributed by atoms with E-state index < -0.39 is 0 Å². The molecule has 1 aliphatic carbocycles. The van der Waals surface area contributed by atoms with E-state index in [2.05, 4.69) is 17.4 Å². The minimum absolute atomic E-state index is 0.229. The van der Waals surface area contributed by atoms with Crippen molar-refractivity contribution in [1.82, 2.24) is 5.32 Å². The van der Waals surface area contributed by atoms with Gasteiger partial charge in [-0.25, -0.2) is 0 Å². The monoisotopic (exact) mass is 231 g/mol. The van der Waals surface area contributed by atoms with Crippen molar-refractivity contribution in [3.05, 3.63) is 35.9 Å². The zero-order chi connectivity index (χ0) is 11.9. The molecule has 2 nitrogen and oxygen atoms in total. The van der Waals surface area contributed by atoms with Gasteiger partial charge < -0.3 is 5.32 Å². The van der Waals surface area contributed by atoms with Crippen LogP contribution in [0.2, 0.25) is 0 Å². The number of carbonyl (C=O) groups is 1. The number of rotatable bonds is 5. The molecule has 0 aromatic heterocycles. The molecule has 0 aliphatic heterocycles. The van der Waals surface area contributed by atoms with E-state index in [1.54, 1.807) is 0 Å². The number of hydrogen-bond acceptors (Lipinski definition) is 1. The third-order valence-corrected chi connectivity index (χ3v) is 3.43. The normalized spacial score (nSPS) is 16.0. The molecule has 1 aromatic rings. The average molecular weight is 231 g/mol. The van der Waals surface area contributed by atoms with Crippen molar-refractivity contribution in [2.75, 3.05) is 0 Å². The van der Waals surface area contributed by atoms with Crippen LogP contribution in [0.1, 0.15) is 44.1 Å². The van der Waals surface area contributed by atoms with Crippen molar-refractivity contribution < 1.29 is 4.79 Å². The van der Waals surface area contributed by atoms with Crippen LogP contribution in [-0.4, -0.2) is 11.9 Å². The molecule has 0 atom stereocenters. The largest absolute Gasteiger partial charge is 0.353 e. The Morgan fingerprint density at radius 1 is 1.18 bits per heavy atom. The molecule has 0 heterocycles. The lowest BCUT2D eigenvalue weighted by atomic mass is 10.1. The number of nitrogens with one attached hydrogen (secondary N) is 1. The van der Waals surface area contributed by atoms with Crippen LogP contribution in [0.25, 0.3) is 0 Å². The Bertz CT molecular complexity index is 341. The molecule has 0 radical (unpaired) electrons. The Labute approximate surface area is 103 Å². The number of carbonyl (C=O) groups excluding carboxylic acids is 1. The fourth-order valence-electron chi connectivity index (χ4n) is 2.47. The summed E-state index contributed by atoms with van der Waals surface area (Å²) in [6.45, 7) is 0. The summed E-state index contributed by atoms with van der Waals surface area (Å²) in [6, 6.07) is 10.8. The highest BCUT2D eigenvalue weighted by Crippen LogP contribution is 2.17. The van der Waals surface area contributed by atoms with Crippen LogP contribution in [-0.2, 0) is 11.2 Å². The molecule has 1 fully saturated rings. The van der Waals surface area contributed by atoms with Crippen LogP contribution in [0.4, 0.5) is 0 Å². The van der Waals surface area contributed by atoms with Gasteiger partial charge in [-0.1, -0.05) is 43.2 Å². The van der Waals surface area contributed by atoms with E-state index in [0.717, 1.165) is 12.8 Å². The molecule has 1 amide bonds. The van der Waals surface area contributed by atoms with Crippen molar-refractivity contribution >= 4 is 5.91 Å². The highest BCUT2D eigenvalue weighted by Gasteiger charge is 2.16. The zero-order valence-corrected chi connectivity index (χ0v) is 10.3. The van der Waals surface area contributed by atoms with Gasteiger partial charge in [0.1, 0.15) is 0 Å². The molecule has 17 heavy (non-hydrogen) atoms. The molecule has 0 unspecified atom stereocenters. The Morgan fingerprint density at radius 2 is 1.88 bits per heavy atom. The second-order valence-corrected chi connectivity index (χ2v) is 4.89. The molecule has 2 rings (SSSR count). The molecular weight excluding hydrogens is 210 g/mol. The first-order valence-electron chi connectivity index (χ1n) is 6.68. The Kier molecular flexibility index (Phi) is 4.60. The van der Waals surface area contributed by atoms with Crippen LogP contribution >= 0.6 is 0 Å². The van der Waals surface area contributed by atoms with E-state index in [4.69, 9.17) is 0 Å². The highest BCUT2D eigenvalue weighted by molar-refractivity contribution is 5.76. The van der Waals surface area contributed by atoms with E-state index in [1.807, 2.05) is 18.2 Å². The first-order valence-corrected chi connectivity index (χ1v) is 6.68. The van der Waals surface area contributed by atoms with Gasteiger partial charge in [0.05, 0.1) is 0 Å². The third kappa shape index (κ3) is 4.22. The lowest BCUT2D eigenvalue weighted by Gasteiger charge is -2.11. The maximum Gasteiger partial charge on any atom is 0.220 e. The van der Waals surface area contributed by atoms with E-state index >= 15 is 0 Å². The van der Waals surface area contributed by atoms with Gasteiger partial charge in [0.2, 0.25) is 5.91 Å². The molecule has 92 valence electrons. The summed E-state index contributed by atoms with van der Waals surface area (Å²) in [5, 5.41) is 3.13. The van der Waals surface area contributed by atoms with E-state index in [1.165, 1.54) is 31.2 Å². The zero-order valence-electron chi connectivity index (χ0n) is 10.3. The van der Waals surface area contributed by atoms with E-state index in [0.29, 0.717) is 12.5 Å². The van der Waals surface area contributed by atoms with Crippen molar-refractivity contribution in [3.8, 4) is 0 Å². The van der Waals surface area contributed by atoms with Crippen LogP contribution in [0.3, 0.4) is 0 Å². The SMILES string of the molecule is O=C(CCCc1ccccc1)NC1CCCC1. The second kappa shape index (κ2) is 6.43. The number of benzene rings is 1. The number of amides is 1. The first kappa shape index (κ1) is 12.2. The van der Waals surface area contributed by atoms with Crippen molar-refractivity contribution in [2.24, 2.45) is 0 Å². The predicted molar refractivity (Wildman–Crippen MR) is 69.8 cm³/mol. The molecule has 1 N–H and O–H groups in total. The number of aryl methyl sites for hydroxylation is 1. The van der Waals surface area contributed by atoms with Gasteiger partial charge in [0, 0.05) is 12.5 Å².